The van der Waals surface area contributed by atoms with Crippen LogP contribution in [-0.2, 0) is 6.42 Å². The van der Waals surface area contributed by atoms with Crippen molar-refractivity contribution in [2.45, 2.75) is 13.3 Å². The van der Waals surface area contributed by atoms with Crippen LogP contribution in [-0.4, -0.2) is 61.4 Å². The first-order valence-electron chi connectivity index (χ1n) is 8.96. The van der Waals surface area contributed by atoms with Crippen molar-refractivity contribution < 1.29 is 4.79 Å². The molecule has 0 atom stereocenters. The smallest absolute Gasteiger partial charge is 0.321 e. The Morgan fingerprint density at radius 2 is 1.85 bits per heavy atom. The molecule has 0 bridgehead atoms. The number of hydrogen-bond donors (Lipinski definition) is 1. The Morgan fingerprint density at radius 1 is 1.15 bits per heavy atom. The fraction of sp³-hybridized carbons (Fsp3) is 0.421. The molecule has 0 saturated carbocycles. The maximum atomic E-state index is 12.5. The Balaban J connectivity index is 1.55. The zero-order valence-electron chi connectivity index (χ0n) is 15.6. The molecular formula is C19H26N6O. The first kappa shape index (κ1) is 18.0. The zero-order chi connectivity index (χ0) is 18.5. The quantitative estimate of drug-likeness (QED) is 0.914. The molecule has 7 nitrogen and oxygen atoms in total. The molecule has 2 heterocycles. The summed E-state index contributed by atoms with van der Waals surface area (Å²) in [5.41, 5.74) is 3.11. The highest BCUT2D eigenvalue weighted by atomic mass is 16.2. The van der Waals surface area contributed by atoms with Gasteiger partial charge in [-0.15, -0.1) is 5.10 Å². The minimum Gasteiger partial charge on any atom is -0.376 e. The van der Waals surface area contributed by atoms with Crippen LogP contribution >= 0.6 is 0 Å². The lowest BCUT2D eigenvalue weighted by molar-refractivity contribution is 0.208. The van der Waals surface area contributed by atoms with Crippen LogP contribution in [0.4, 0.5) is 22.0 Å². The number of aromatic nitrogens is 2. The number of aryl methyl sites for hydroxylation is 1. The van der Waals surface area contributed by atoms with Gasteiger partial charge in [0.1, 0.15) is 0 Å². The Morgan fingerprint density at radius 3 is 2.46 bits per heavy atom. The number of nitrogens with zero attached hydrogens (tertiary/aromatic N) is 5. The molecule has 2 amide bonds. The van der Waals surface area contributed by atoms with Crippen LogP contribution in [0.1, 0.15) is 12.5 Å². The summed E-state index contributed by atoms with van der Waals surface area (Å²) in [5.74, 6) is 0.853. The summed E-state index contributed by atoms with van der Waals surface area (Å²) in [6.07, 6.45) is 2.74. The summed E-state index contributed by atoms with van der Waals surface area (Å²) in [4.78, 5) is 18.5. The number of hydrogen-bond acceptors (Lipinski definition) is 5. The average molecular weight is 354 g/mol. The van der Waals surface area contributed by atoms with Crippen molar-refractivity contribution in [1.29, 1.82) is 0 Å². The molecule has 26 heavy (non-hydrogen) atoms. The standard InChI is InChI=1S/C19H26N6O/c1-4-15-5-7-16(8-6-15)21-19(26)25-11-9-24(10-12-25)18-13-17(23(2)3)14-20-22-18/h5-8,13-14H,4,9-12H2,1-3H3,(H,21,26). The van der Waals surface area contributed by atoms with E-state index in [1.807, 2.05) is 54.2 Å². The second kappa shape index (κ2) is 8.03. The van der Waals surface area contributed by atoms with Crippen molar-refractivity contribution in [1.82, 2.24) is 15.1 Å². The summed E-state index contributed by atoms with van der Waals surface area (Å²) in [6.45, 7) is 4.92. The van der Waals surface area contributed by atoms with E-state index in [4.69, 9.17) is 0 Å². The zero-order valence-corrected chi connectivity index (χ0v) is 15.6. The minimum atomic E-state index is -0.0537. The number of piperazine rings is 1. The van der Waals surface area contributed by atoms with Crippen molar-refractivity contribution in [3.63, 3.8) is 0 Å². The lowest BCUT2D eigenvalue weighted by Crippen LogP contribution is -2.50. The number of nitrogens with one attached hydrogen (secondary N) is 1. The molecule has 0 spiro atoms. The van der Waals surface area contributed by atoms with E-state index >= 15 is 0 Å². The summed E-state index contributed by atoms with van der Waals surface area (Å²) in [7, 11) is 3.96. The molecule has 1 aliphatic rings. The number of carbonyl (C=O) groups excluding carboxylic acids is 1. The summed E-state index contributed by atoms with van der Waals surface area (Å²) in [6, 6.07) is 9.97. The Hall–Kier alpha value is -2.83. The van der Waals surface area contributed by atoms with Gasteiger partial charge in [0.05, 0.1) is 11.9 Å². The molecule has 1 N–H and O–H groups in total. The van der Waals surface area contributed by atoms with Crippen molar-refractivity contribution in [3.05, 3.63) is 42.1 Å². The SMILES string of the molecule is CCc1ccc(NC(=O)N2CCN(c3cc(N(C)C)cnn3)CC2)cc1. The number of anilines is 3. The molecule has 7 heteroatoms. The average Bonchev–Trinajstić information content (AvgIpc) is 2.68. The van der Waals surface area contributed by atoms with Crippen molar-refractivity contribution in [2.75, 3.05) is 55.4 Å². The summed E-state index contributed by atoms with van der Waals surface area (Å²) < 4.78 is 0. The van der Waals surface area contributed by atoms with E-state index in [9.17, 15) is 4.79 Å². The van der Waals surface area contributed by atoms with Gasteiger partial charge in [-0.2, -0.15) is 5.10 Å². The second-order valence-electron chi connectivity index (χ2n) is 6.62. The lowest BCUT2D eigenvalue weighted by Gasteiger charge is -2.35. The summed E-state index contributed by atoms with van der Waals surface area (Å²) >= 11 is 0. The van der Waals surface area contributed by atoms with Crippen molar-refractivity contribution >= 4 is 23.2 Å². The Labute approximate surface area is 154 Å². The van der Waals surface area contributed by atoms with Gasteiger partial charge in [-0.25, -0.2) is 4.79 Å². The molecule has 0 aliphatic carbocycles. The van der Waals surface area contributed by atoms with E-state index < -0.39 is 0 Å². The van der Waals surface area contributed by atoms with Gasteiger partial charge < -0.3 is 20.0 Å². The number of benzene rings is 1. The van der Waals surface area contributed by atoms with Crippen molar-refractivity contribution in [3.8, 4) is 0 Å². The first-order chi connectivity index (χ1) is 12.6. The van der Waals surface area contributed by atoms with Crippen LogP contribution in [0.3, 0.4) is 0 Å². The predicted octanol–water partition coefficient (Wildman–Crippen LogP) is 2.46. The van der Waals surface area contributed by atoms with Gasteiger partial charge in [-0.3, -0.25) is 0 Å². The van der Waals surface area contributed by atoms with Crippen LogP contribution in [0.5, 0.6) is 0 Å². The maximum absolute atomic E-state index is 12.5. The Kier molecular flexibility index (Phi) is 5.55. The highest BCUT2D eigenvalue weighted by Crippen LogP contribution is 2.19. The fourth-order valence-corrected chi connectivity index (χ4v) is 2.91. The van der Waals surface area contributed by atoms with Gasteiger partial charge >= 0.3 is 6.03 Å². The normalized spacial score (nSPS) is 14.3. The minimum absolute atomic E-state index is 0.0537. The number of carbonyl (C=O) groups is 1. The third-order valence-corrected chi connectivity index (χ3v) is 4.65. The molecule has 1 aromatic heterocycles. The topological polar surface area (TPSA) is 64.6 Å². The van der Waals surface area contributed by atoms with Gasteiger partial charge in [-0.05, 0) is 24.1 Å². The van der Waals surface area contributed by atoms with Crippen LogP contribution in [0.15, 0.2) is 36.5 Å². The number of amides is 2. The van der Waals surface area contributed by atoms with E-state index in [-0.39, 0.29) is 6.03 Å². The molecule has 1 aromatic carbocycles. The molecule has 3 rings (SSSR count). The first-order valence-corrected chi connectivity index (χ1v) is 8.96. The van der Waals surface area contributed by atoms with Gasteiger partial charge in [0.15, 0.2) is 5.82 Å². The summed E-state index contributed by atoms with van der Waals surface area (Å²) in [5, 5.41) is 11.3. The molecule has 138 valence electrons. The van der Waals surface area contributed by atoms with E-state index in [1.54, 1.807) is 6.20 Å². The molecule has 0 unspecified atom stereocenters. The lowest BCUT2D eigenvalue weighted by atomic mass is 10.1. The number of urea groups is 1. The monoisotopic (exact) mass is 354 g/mol. The maximum Gasteiger partial charge on any atom is 0.321 e. The van der Waals surface area contributed by atoms with Crippen LogP contribution in [0.2, 0.25) is 0 Å². The predicted molar refractivity (Wildman–Crippen MR) is 105 cm³/mol. The molecular weight excluding hydrogens is 328 g/mol. The third kappa shape index (κ3) is 4.22. The van der Waals surface area contributed by atoms with E-state index in [0.29, 0.717) is 13.1 Å². The van der Waals surface area contributed by atoms with Crippen LogP contribution < -0.4 is 15.1 Å². The van der Waals surface area contributed by atoms with Gasteiger partial charge in [-0.1, -0.05) is 19.1 Å². The largest absolute Gasteiger partial charge is 0.376 e. The van der Waals surface area contributed by atoms with E-state index in [1.165, 1.54) is 5.56 Å². The van der Waals surface area contributed by atoms with E-state index in [2.05, 4.69) is 27.3 Å². The number of rotatable bonds is 4. The Bertz CT molecular complexity index is 738. The molecule has 2 aromatic rings. The van der Waals surface area contributed by atoms with E-state index in [0.717, 1.165) is 36.7 Å². The third-order valence-electron chi connectivity index (χ3n) is 4.65. The van der Waals surface area contributed by atoms with Crippen molar-refractivity contribution in [2.24, 2.45) is 0 Å². The second-order valence-corrected chi connectivity index (χ2v) is 6.62. The van der Waals surface area contributed by atoms with Gasteiger partial charge in [0.25, 0.3) is 0 Å². The highest BCUT2D eigenvalue weighted by molar-refractivity contribution is 5.89. The fourth-order valence-electron chi connectivity index (χ4n) is 2.91. The highest BCUT2D eigenvalue weighted by Gasteiger charge is 2.22. The van der Waals surface area contributed by atoms with Crippen LogP contribution in [0, 0.1) is 0 Å². The van der Waals surface area contributed by atoms with Gasteiger partial charge in [0, 0.05) is 52.0 Å². The molecule has 1 saturated heterocycles. The van der Waals surface area contributed by atoms with Crippen LogP contribution in [0.25, 0.3) is 0 Å². The molecule has 0 radical (unpaired) electrons. The van der Waals surface area contributed by atoms with Gasteiger partial charge in [0.2, 0.25) is 0 Å². The molecule has 1 aliphatic heterocycles. The molecule has 1 fully saturated rings.